The third-order valence-electron chi connectivity index (χ3n) is 1.84. The second-order valence-electron chi connectivity index (χ2n) is 2.79. The van der Waals surface area contributed by atoms with Crippen molar-refractivity contribution in [3.63, 3.8) is 0 Å². The molecule has 0 nitrogen and oxygen atoms in total. The van der Waals surface area contributed by atoms with Crippen LogP contribution < -0.4 is 0 Å². The van der Waals surface area contributed by atoms with Crippen molar-refractivity contribution in [2.24, 2.45) is 0 Å². The first kappa shape index (κ1) is 9.80. The van der Waals surface area contributed by atoms with Crippen molar-refractivity contribution >= 4 is 33.0 Å². The highest BCUT2D eigenvalue weighted by Gasteiger charge is 2.33. The van der Waals surface area contributed by atoms with E-state index in [9.17, 15) is 13.2 Å². The highest BCUT2D eigenvalue weighted by molar-refractivity contribution is 7.17. The minimum absolute atomic E-state index is 0.215. The molecule has 0 aliphatic carbocycles. The first-order valence-electron chi connectivity index (χ1n) is 3.72. The molecule has 1 aromatic carbocycles. The number of fused-ring (bicyclic) bond motifs is 1. The lowest BCUT2D eigenvalue weighted by Gasteiger charge is -2.03. The zero-order valence-corrected chi connectivity index (χ0v) is 8.30. The van der Waals surface area contributed by atoms with E-state index < -0.39 is 11.7 Å². The second-order valence-corrected chi connectivity index (χ2v) is 4.14. The van der Waals surface area contributed by atoms with Crippen molar-refractivity contribution in [1.29, 1.82) is 0 Å². The zero-order valence-electron chi connectivity index (χ0n) is 6.73. The molecular weight excluding hydrogens is 233 g/mol. The first-order chi connectivity index (χ1) is 6.48. The lowest BCUT2D eigenvalue weighted by molar-refractivity contribution is -0.136. The van der Waals surface area contributed by atoms with Gasteiger partial charge in [0.15, 0.2) is 0 Å². The van der Waals surface area contributed by atoms with E-state index >= 15 is 0 Å². The van der Waals surface area contributed by atoms with Crippen LogP contribution >= 0.6 is 22.9 Å². The molecule has 0 saturated heterocycles. The molecule has 0 bridgehead atoms. The summed E-state index contributed by atoms with van der Waals surface area (Å²) in [7, 11) is 0. The van der Waals surface area contributed by atoms with Gasteiger partial charge in [-0.15, -0.1) is 11.3 Å². The van der Waals surface area contributed by atoms with Gasteiger partial charge in [-0.3, -0.25) is 0 Å². The maximum absolute atomic E-state index is 12.4. The standard InChI is InChI=1S/C9H4ClF3S/c10-5-1-2-6-7(9(11,12)13)4-14-8(6)3-5/h1-4H. The predicted molar refractivity (Wildman–Crippen MR) is 51.8 cm³/mol. The third kappa shape index (κ3) is 1.60. The summed E-state index contributed by atoms with van der Waals surface area (Å²) in [5.74, 6) is 0. The summed E-state index contributed by atoms with van der Waals surface area (Å²) in [4.78, 5) is 0. The monoisotopic (exact) mass is 236 g/mol. The molecule has 14 heavy (non-hydrogen) atoms. The largest absolute Gasteiger partial charge is 0.417 e. The Morgan fingerprint density at radius 2 is 1.93 bits per heavy atom. The number of rotatable bonds is 0. The van der Waals surface area contributed by atoms with E-state index in [4.69, 9.17) is 11.6 Å². The third-order valence-corrected chi connectivity index (χ3v) is 3.02. The van der Waals surface area contributed by atoms with Crippen LogP contribution in [0.25, 0.3) is 10.1 Å². The van der Waals surface area contributed by atoms with E-state index in [1.165, 1.54) is 18.2 Å². The minimum atomic E-state index is -4.29. The minimum Gasteiger partial charge on any atom is -0.166 e. The second kappa shape index (κ2) is 3.14. The van der Waals surface area contributed by atoms with Gasteiger partial charge >= 0.3 is 6.18 Å². The molecule has 2 aromatic rings. The van der Waals surface area contributed by atoms with Crippen LogP contribution in [-0.2, 0) is 6.18 Å². The fraction of sp³-hybridized carbons (Fsp3) is 0.111. The lowest BCUT2D eigenvalue weighted by Crippen LogP contribution is -2.02. The van der Waals surface area contributed by atoms with Crippen LogP contribution in [0, 0.1) is 0 Å². The molecule has 5 heteroatoms. The Bertz CT molecular complexity index is 472. The highest BCUT2D eigenvalue weighted by atomic mass is 35.5. The van der Waals surface area contributed by atoms with Crippen molar-refractivity contribution < 1.29 is 13.2 Å². The molecule has 0 spiro atoms. The molecule has 0 atom stereocenters. The summed E-state index contributed by atoms with van der Waals surface area (Å²) >= 11 is 6.72. The van der Waals surface area contributed by atoms with Gasteiger partial charge in [-0.1, -0.05) is 17.7 Å². The molecule has 0 radical (unpaired) electrons. The van der Waals surface area contributed by atoms with Crippen molar-refractivity contribution in [3.05, 3.63) is 34.2 Å². The Kier molecular flexibility index (Phi) is 2.20. The Morgan fingerprint density at radius 3 is 2.57 bits per heavy atom. The summed E-state index contributed by atoms with van der Waals surface area (Å²) in [5.41, 5.74) is -0.589. The number of halogens is 4. The number of benzene rings is 1. The van der Waals surface area contributed by atoms with Crippen LogP contribution in [-0.4, -0.2) is 0 Å². The number of thiophene rings is 1. The van der Waals surface area contributed by atoms with Gasteiger partial charge < -0.3 is 0 Å². The lowest BCUT2D eigenvalue weighted by atomic mass is 10.2. The van der Waals surface area contributed by atoms with Crippen molar-refractivity contribution in [3.8, 4) is 0 Å². The fourth-order valence-corrected chi connectivity index (χ4v) is 2.46. The number of hydrogen-bond acceptors (Lipinski definition) is 1. The maximum atomic E-state index is 12.4. The normalized spacial score (nSPS) is 12.3. The van der Waals surface area contributed by atoms with E-state index in [-0.39, 0.29) is 5.39 Å². The van der Waals surface area contributed by atoms with Crippen LogP contribution in [0.4, 0.5) is 13.2 Å². The van der Waals surface area contributed by atoms with Gasteiger partial charge in [0.25, 0.3) is 0 Å². The van der Waals surface area contributed by atoms with Gasteiger partial charge in [0.05, 0.1) is 5.56 Å². The van der Waals surface area contributed by atoms with Crippen molar-refractivity contribution in [2.75, 3.05) is 0 Å². The topological polar surface area (TPSA) is 0 Å². The van der Waals surface area contributed by atoms with Crippen LogP contribution in [0.15, 0.2) is 23.6 Å². The average Bonchev–Trinajstić information content (AvgIpc) is 2.45. The molecular formula is C9H4ClF3S. The van der Waals surface area contributed by atoms with E-state index in [1.54, 1.807) is 0 Å². The summed E-state index contributed by atoms with van der Waals surface area (Å²) in [5, 5.41) is 1.78. The summed E-state index contributed by atoms with van der Waals surface area (Å²) in [6, 6.07) is 4.40. The molecule has 1 heterocycles. The Labute approximate surface area is 86.9 Å². The molecule has 74 valence electrons. The van der Waals surface area contributed by atoms with Crippen LogP contribution in [0.5, 0.6) is 0 Å². The quantitative estimate of drug-likeness (QED) is 0.628. The molecule has 0 fully saturated rings. The van der Waals surface area contributed by atoms with E-state index in [1.807, 2.05) is 0 Å². The maximum Gasteiger partial charge on any atom is 0.417 e. The van der Waals surface area contributed by atoms with Gasteiger partial charge in [-0.05, 0) is 12.1 Å². The molecule has 1 aromatic heterocycles. The Hall–Kier alpha value is -0.740. The predicted octanol–water partition coefficient (Wildman–Crippen LogP) is 4.57. The van der Waals surface area contributed by atoms with E-state index in [0.717, 1.165) is 16.7 Å². The van der Waals surface area contributed by atoms with Crippen LogP contribution in [0.1, 0.15) is 5.56 Å². The van der Waals surface area contributed by atoms with Gasteiger partial charge in [-0.2, -0.15) is 13.2 Å². The van der Waals surface area contributed by atoms with Crippen molar-refractivity contribution in [1.82, 2.24) is 0 Å². The summed E-state index contributed by atoms with van der Waals surface area (Å²) in [6.07, 6.45) is -4.29. The number of hydrogen-bond donors (Lipinski definition) is 0. The van der Waals surface area contributed by atoms with Gasteiger partial charge in [0.1, 0.15) is 0 Å². The smallest absolute Gasteiger partial charge is 0.166 e. The molecule has 0 N–H and O–H groups in total. The molecule has 0 unspecified atom stereocenters. The van der Waals surface area contributed by atoms with Crippen LogP contribution in [0.2, 0.25) is 5.02 Å². The van der Waals surface area contributed by atoms with Gasteiger partial charge in [0.2, 0.25) is 0 Å². The van der Waals surface area contributed by atoms with E-state index in [2.05, 4.69) is 0 Å². The molecule has 2 rings (SSSR count). The van der Waals surface area contributed by atoms with Gasteiger partial charge in [-0.25, -0.2) is 0 Å². The zero-order chi connectivity index (χ0) is 10.3. The molecule has 0 saturated carbocycles. The first-order valence-corrected chi connectivity index (χ1v) is 4.98. The SMILES string of the molecule is FC(F)(F)c1csc2cc(Cl)ccc12. The molecule has 0 aliphatic heterocycles. The Morgan fingerprint density at radius 1 is 1.21 bits per heavy atom. The van der Waals surface area contributed by atoms with Gasteiger partial charge in [0, 0.05) is 20.5 Å². The fourth-order valence-electron chi connectivity index (χ4n) is 1.22. The number of alkyl halides is 3. The summed E-state index contributed by atoms with van der Waals surface area (Å²) < 4.78 is 37.8. The van der Waals surface area contributed by atoms with E-state index in [0.29, 0.717) is 9.72 Å². The average molecular weight is 237 g/mol. The van der Waals surface area contributed by atoms with Crippen LogP contribution in [0.3, 0.4) is 0 Å². The highest BCUT2D eigenvalue weighted by Crippen LogP contribution is 2.38. The molecule has 0 amide bonds. The van der Waals surface area contributed by atoms with Crippen molar-refractivity contribution in [2.45, 2.75) is 6.18 Å². The molecule has 0 aliphatic rings. The Balaban J connectivity index is 2.70. The summed E-state index contributed by atoms with van der Waals surface area (Å²) in [6.45, 7) is 0.